The van der Waals surface area contributed by atoms with E-state index < -0.39 is 21.9 Å². The fourth-order valence-electron chi connectivity index (χ4n) is 1.47. The lowest BCUT2D eigenvalue weighted by Gasteiger charge is -2.19. The number of aryl methyl sites for hydroxylation is 1. The van der Waals surface area contributed by atoms with Crippen molar-refractivity contribution in [2.24, 2.45) is 5.92 Å². The van der Waals surface area contributed by atoms with Gasteiger partial charge in [-0.2, -0.15) is 4.31 Å². The molecule has 0 aliphatic heterocycles. The zero-order valence-corrected chi connectivity index (χ0v) is 14.4. The number of thiophene rings is 1. The maximum Gasteiger partial charge on any atom is 0.309 e. The topological polar surface area (TPSA) is 63.7 Å². The average Bonchev–Trinajstić information content (AvgIpc) is 2.69. The molecule has 0 aliphatic carbocycles. The number of carbonyl (C=O) groups is 1. The highest BCUT2D eigenvalue weighted by Crippen LogP contribution is 2.32. The Balaban J connectivity index is 2.91. The van der Waals surface area contributed by atoms with E-state index in [-0.39, 0.29) is 10.8 Å². The minimum Gasteiger partial charge on any atom is -0.469 e. The van der Waals surface area contributed by atoms with E-state index in [4.69, 9.17) is 0 Å². The monoisotopic (exact) mass is 369 g/mol. The van der Waals surface area contributed by atoms with E-state index in [0.29, 0.717) is 0 Å². The van der Waals surface area contributed by atoms with Crippen LogP contribution in [0.25, 0.3) is 0 Å². The smallest absolute Gasteiger partial charge is 0.309 e. The molecule has 0 saturated heterocycles. The molecule has 5 nitrogen and oxygen atoms in total. The van der Waals surface area contributed by atoms with Gasteiger partial charge in [-0.25, -0.2) is 8.42 Å². The van der Waals surface area contributed by atoms with Gasteiger partial charge in [0.2, 0.25) is 0 Å². The summed E-state index contributed by atoms with van der Waals surface area (Å²) in [6.07, 6.45) is 0. The number of halogens is 1. The van der Waals surface area contributed by atoms with Crippen LogP contribution in [0.3, 0.4) is 0 Å². The first-order valence-corrected chi connectivity index (χ1v) is 8.55. The number of carbonyl (C=O) groups excluding carboxylic acids is 1. The van der Waals surface area contributed by atoms with Gasteiger partial charge >= 0.3 is 5.97 Å². The van der Waals surface area contributed by atoms with Crippen LogP contribution in [0.4, 0.5) is 0 Å². The lowest BCUT2D eigenvalue weighted by molar-refractivity contribution is -0.144. The van der Waals surface area contributed by atoms with E-state index in [0.717, 1.165) is 20.7 Å². The molecular formula is C11H16BrNO4S2. The van der Waals surface area contributed by atoms with E-state index >= 15 is 0 Å². The summed E-state index contributed by atoms with van der Waals surface area (Å²) in [5.74, 6) is -0.931. The summed E-state index contributed by atoms with van der Waals surface area (Å²) in [5, 5.41) is 0. The molecule has 0 aromatic carbocycles. The predicted molar refractivity (Wildman–Crippen MR) is 77.8 cm³/mol. The van der Waals surface area contributed by atoms with Crippen LogP contribution in [-0.2, 0) is 19.6 Å². The van der Waals surface area contributed by atoms with Crippen molar-refractivity contribution in [3.8, 4) is 0 Å². The normalized spacial score (nSPS) is 13.6. The molecule has 0 fully saturated rings. The fraction of sp³-hybridized carbons (Fsp3) is 0.545. The van der Waals surface area contributed by atoms with Gasteiger partial charge in [0.05, 0.1) is 16.8 Å². The molecular weight excluding hydrogens is 354 g/mol. The molecule has 108 valence electrons. The van der Waals surface area contributed by atoms with Crippen molar-refractivity contribution in [1.29, 1.82) is 0 Å². The van der Waals surface area contributed by atoms with Gasteiger partial charge in [-0.1, -0.05) is 6.92 Å². The molecule has 19 heavy (non-hydrogen) atoms. The van der Waals surface area contributed by atoms with Crippen molar-refractivity contribution >= 4 is 43.3 Å². The van der Waals surface area contributed by atoms with E-state index in [9.17, 15) is 13.2 Å². The number of nitrogens with zero attached hydrogens (tertiary/aromatic N) is 1. The number of esters is 1. The lowest BCUT2D eigenvalue weighted by atomic mass is 10.2. The van der Waals surface area contributed by atoms with Crippen molar-refractivity contribution in [3.63, 3.8) is 0 Å². The minimum atomic E-state index is -3.56. The molecule has 0 saturated carbocycles. The third-order valence-corrected chi connectivity index (χ3v) is 7.04. The lowest BCUT2D eigenvalue weighted by Crippen LogP contribution is -2.33. The standard InChI is InChI=1S/C11H16BrNO4S2/c1-7-5-9(18-10(7)12)19(15,16)13(3)6-8(2)11(14)17-4/h5,8H,6H2,1-4H3. The first-order valence-electron chi connectivity index (χ1n) is 5.50. The van der Waals surface area contributed by atoms with Crippen LogP contribution in [-0.4, -0.2) is 39.4 Å². The molecule has 1 heterocycles. The second-order valence-electron chi connectivity index (χ2n) is 4.23. The summed E-state index contributed by atoms with van der Waals surface area (Å²) in [5.41, 5.74) is 0.873. The van der Waals surface area contributed by atoms with Crippen LogP contribution in [0.2, 0.25) is 0 Å². The average molecular weight is 370 g/mol. The van der Waals surface area contributed by atoms with E-state index in [2.05, 4.69) is 20.7 Å². The third kappa shape index (κ3) is 3.77. The molecule has 0 bridgehead atoms. The molecule has 8 heteroatoms. The highest BCUT2D eigenvalue weighted by molar-refractivity contribution is 9.11. The van der Waals surface area contributed by atoms with Gasteiger partial charge < -0.3 is 4.74 Å². The van der Waals surface area contributed by atoms with Crippen molar-refractivity contribution in [2.45, 2.75) is 18.1 Å². The molecule has 0 N–H and O–H groups in total. The molecule has 1 atom stereocenters. The first-order chi connectivity index (χ1) is 8.70. The highest BCUT2D eigenvalue weighted by Gasteiger charge is 2.27. The minimum absolute atomic E-state index is 0.0869. The largest absolute Gasteiger partial charge is 0.469 e. The Hall–Kier alpha value is -0.440. The number of sulfonamides is 1. The van der Waals surface area contributed by atoms with Gasteiger partial charge in [0, 0.05) is 13.6 Å². The first kappa shape index (κ1) is 16.6. The number of methoxy groups -OCH3 is 1. The Bertz CT molecular complexity index is 548. The summed E-state index contributed by atoms with van der Waals surface area (Å²) in [6.45, 7) is 3.55. The SMILES string of the molecule is COC(=O)C(C)CN(C)S(=O)(=O)c1cc(C)c(Br)s1. The van der Waals surface area contributed by atoms with E-state index in [1.807, 2.05) is 6.92 Å². The fourth-order valence-corrected chi connectivity index (χ4v) is 5.17. The number of ether oxygens (including phenoxy) is 1. The molecule has 1 unspecified atom stereocenters. The summed E-state index contributed by atoms with van der Waals surface area (Å²) < 4.78 is 31.4. The van der Waals surface area contributed by atoms with Crippen molar-refractivity contribution in [3.05, 3.63) is 15.4 Å². The second kappa shape index (κ2) is 6.34. The van der Waals surface area contributed by atoms with Crippen molar-refractivity contribution in [1.82, 2.24) is 4.31 Å². The van der Waals surface area contributed by atoms with Crippen LogP contribution >= 0.6 is 27.3 Å². The van der Waals surface area contributed by atoms with Crippen molar-refractivity contribution in [2.75, 3.05) is 20.7 Å². The molecule has 1 aromatic heterocycles. The molecule has 0 amide bonds. The van der Waals surface area contributed by atoms with Gasteiger partial charge in [-0.3, -0.25) is 4.79 Å². The Morgan fingerprint density at radius 3 is 2.58 bits per heavy atom. The summed E-state index contributed by atoms with van der Waals surface area (Å²) in [7, 11) is -0.823. The quantitative estimate of drug-likeness (QED) is 0.746. The Kier molecular flexibility index (Phi) is 5.54. The molecule has 0 spiro atoms. The molecule has 1 aromatic rings. The molecule has 0 radical (unpaired) electrons. The predicted octanol–water partition coefficient (Wildman–Crippen LogP) is 2.25. The third-order valence-electron chi connectivity index (χ3n) is 2.63. The van der Waals surface area contributed by atoms with Crippen LogP contribution < -0.4 is 0 Å². The highest BCUT2D eigenvalue weighted by atomic mass is 79.9. The number of rotatable bonds is 5. The van der Waals surface area contributed by atoms with E-state index in [1.54, 1.807) is 13.0 Å². The van der Waals surface area contributed by atoms with Crippen LogP contribution in [0.1, 0.15) is 12.5 Å². The van der Waals surface area contributed by atoms with Gasteiger partial charge in [-0.15, -0.1) is 11.3 Å². The van der Waals surface area contributed by atoms with Crippen LogP contribution in [0, 0.1) is 12.8 Å². The second-order valence-corrected chi connectivity index (χ2v) is 8.87. The Morgan fingerprint density at radius 2 is 2.16 bits per heavy atom. The Morgan fingerprint density at radius 1 is 1.58 bits per heavy atom. The van der Waals surface area contributed by atoms with Gasteiger partial charge in [0.15, 0.2) is 0 Å². The zero-order valence-electron chi connectivity index (χ0n) is 11.1. The molecule has 0 aliphatic rings. The van der Waals surface area contributed by atoms with Crippen LogP contribution in [0.5, 0.6) is 0 Å². The van der Waals surface area contributed by atoms with E-state index in [1.165, 1.54) is 18.5 Å². The summed E-state index contributed by atoms with van der Waals surface area (Å²) >= 11 is 4.47. The van der Waals surface area contributed by atoms with Gasteiger partial charge in [-0.05, 0) is 34.5 Å². The summed E-state index contributed by atoms with van der Waals surface area (Å²) in [4.78, 5) is 11.3. The van der Waals surface area contributed by atoms with Gasteiger partial charge in [0.25, 0.3) is 10.0 Å². The molecule has 1 rings (SSSR count). The Labute approximate surface area is 125 Å². The summed E-state index contributed by atoms with van der Waals surface area (Å²) in [6, 6.07) is 1.61. The van der Waals surface area contributed by atoms with Crippen LogP contribution in [0.15, 0.2) is 14.1 Å². The number of hydrogen-bond acceptors (Lipinski definition) is 5. The van der Waals surface area contributed by atoms with Crippen molar-refractivity contribution < 1.29 is 17.9 Å². The zero-order chi connectivity index (χ0) is 14.8. The maximum atomic E-state index is 12.3. The maximum absolute atomic E-state index is 12.3. The number of hydrogen-bond donors (Lipinski definition) is 0. The van der Waals surface area contributed by atoms with Gasteiger partial charge in [0.1, 0.15) is 4.21 Å².